The molecule has 0 aromatic carbocycles. The van der Waals surface area contributed by atoms with E-state index in [1.54, 1.807) is 12.4 Å². The minimum Gasteiger partial charge on any atom is -0.349 e. The summed E-state index contributed by atoms with van der Waals surface area (Å²) in [6, 6.07) is 5.98. The number of amides is 1. The summed E-state index contributed by atoms with van der Waals surface area (Å²) in [7, 11) is 0. The zero-order valence-corrected chi connectivity index (χ0v) is 15.6. The minimum absolute atomic E-state index is 0.0276. The van der Waals surface area contributed by atoms with Crippen LogP contribution in [0.15, 0.2) is 35.1 Å². The topological polar surface area (TPSA) is 80.9 Å². The summed E-state index contributed by atoms with van der Waals surface area (Å²) in [5, 5.41) is 8.38. The smallest absolute Gasteiger partial charge is 0.259 e. The van der Waals surface area contributed by atoms with Crippen molar-refractivity contribution in [1.82, 2.24) is 20.4 Å². The van der Waals surface area contributed by atoms with Crippen LogP contribution in [0.25, 0.3) is 22.4 Å². The van der Waals surface area contributed by atoms with Crippen molar-refractivity contribution in [2.45, 2.75) is 50.5 Å². The molecular formula is C22H22N4O2. The molecular weight excluding hydrogens is 352 g/mol. The molecule has 1 N–H and O–H groups in total. The molecule has 6 nitrogen and oxygen atoms in total. The molecule has 6 heteroatoms. The average molecular weight is 374 g/mol. The van der Waals surface area contributed by atoms with Crippen molar-refractivity contribution in [3.05, 3.63) is 41.9 Å². The third-order valence-electron chi connectivity index (χ3n) is 6.69. The summed E-state index contributed by atoms with van der Waals surface area (Å²) in [5.74, 6) is 1.78. The fourth-order valence-electron chi connectivity index (χ4n) is 5.12. The minimum atomic E-state index is -0.0276. The summed E-state index contributed by atoms with van der Waals surface area (Å²) in [4.78, 5) is 22.2. The summed E-state index contributed by atoms with van der Waals surface area (Å²) >= 11 is 0. The largest absolute Gasteiger partial charge is 0.349 e. The van der Waals surface area contributed by atoms with Crippen LogP contribution in [0, 0.1) is 11.8 Å². The van der Waals surface area contributed by atoms with E-state index in [-0.39, 0.29) is 5.91 Å². The Labute approximate surface area is 162 Å². The monoisotopic (exact) mass is 374 g/mol. The number of carbonyl (C=O) groups excluding carboxylic acids is 1. The molecule has 3 atom stereocenters. The molecule has 142 valence electrons. The predicted octanol–water partition coefficient (Wildman–Crippen LogP) is 4.08. The molecule has 3 aromatic rings. The van der Waals surface area contributed by atoms with Gasteiger partial charge in [0, 0.05) is 29.9 Å². The molecule has 3 saturated carbocycles. The van der Waals surface area contributed by atoms with Crippen LogP contribution >= 0.6 is 0 Å². The summed E-state index contributed by atoms with van der Waals surface area (Å²) < 4.78 is 5.56. The molecule has 2 bridgehead atoms. The van der Waals surface area contributed by atoms with E-state index >= 15 is 0 Å². The summed E-state index contributed by atoms with van der Waals surface area (Å²) in [5.41, 5.74) is 3.52. The highest BCUT2D eigenvalue weighted by molar-refractivity contribution is 6.07. The molecule has 0 spiro atoms. The van der Waals surface area contributed by atoms with Gasteiger partial charge >= 0.3 is 0 Å². The van der Waals surface area contributed by atoms with Gasteiger partial charge in [-0.15, -0.1) is 0 Å². The van der Waals surface area contributed by atoms with Crippen molar-refractivity contribution in [3.8, 4) is 11.3 Å². The summed E-state index contributed by atoms with van der Waals surface area (Å²) in [6.45, 7) is 0. The van der Waals surface area contributed by atoms with Crippen molar-refractivity contribution >= 4 is 17.0 Å². The molecule has 3 aromatic heterocycles. The number of pyridine rings is 2. The first-order valence-corrected chi connectivity index (χ1v) is 10.3. The first-order valence-electron chi connectivity index (χ1n) is 10.3. The lowest BCUT2D eigenvalue weighted by Crippen LogP contribution is -2.38. The van der Waals surface area contributed by atoms with Crippen LogP contribution in [0.1, 0.15) is 60.5 Å². The van der Waals surface area contributed by atoms with Crippen LogP contribution in [-0.2, 0) is 0 Å². The Morgan fingerprint density at radius 1 is 1.18 bits per heavy atom. The third kappa shape index (κ3) is 2.62. The van der Waals surface area contributed by atoms with E-state index in [0.29, 0.717) is 34.8 Å². The molecule has 28 heavy (non-hydrogen) atoms. The van der Waals surface area contributed by atoms with Gasteiger partial charge < -0.3 is 9.84 Å². The Morgan fingerprint density at radius 3 is 2.82 bits per heavy atom. The van der Waals surface area contributed by atoms with Gasteiger partial charge in [0.1, 0.15) is 0 Å². The van der Waals surface area contributed by atoms with Gasteiger partial charge in [-0.2, -0.15) is 0 Å². The van der Waals surface area contributed by atoms with E-state index in [1.807, 2.05) is 18.2 Å². The second-order valence-corrected chi connectivity index (χ2v) is 8.57. The quantitative estimate of drug-likeness (QED) is 0.744. The van der Waals surface area contributed by atoms with Crippen molar-refractivity contribution in [2.75, 3.05) is 0 Å². The predicted molar refractivity (Wildman–Crippen MR) is 104 cm³/mol. The number of rotatable bonds is 4. The molecule has 0 radical (unpaired) electrons. The summed E-state index contributed by atoms with van der Waals surface area (Å²) in [6.07, 6.45) is 10.6. The molecule has 3 unspecified atom stereocenters. The van der Waals surface area contributed by atoms with Crippen LogP contribution in [0.2, 0.25) is 0 Å². The van der Waals surface area contributed by atoms with Crippen LogP contribution in [0.5, 0.6) is 0 Å². The Bertz CT molecular complexity index is 1060. The highest BCUT2D eigenvalue weighted by Gasteiger charge is 2.40. The van der Waals surface area contributed by atoms with Gasteiger partial charge in [-0.3, -0.25) is 9.78 Å². The van der Waals surface area contributed by atoms with Crippen LogP contribution in [-0.4, -0.2) is 27.1 Å². The lowest BCUT2D eigenvalue weighted by atomic mass is 9.95. The molecule has 0 aliphatic heterocycles. The first kappa shape index (κ1) is 16.2. The third-order valence-corrected chi connectivity index (χ3v) is 6.69. The number of nitrogens with one attached hydrogen (secondary N) is 1. The van der Waals surface area contributed by atoms with E-state index < -0.39 is 0 Å². The zero-order valence-electron chi connectivity index (χ0n) is 15.6. The Hall–Kier alpha value is -2.76. The van der Waals surface area contributed by atoms with Gasteiger partial charge in [-0.25, -0.2) is 4.98 Å². The molecule has 6 rings (SSSR count). The normalized spacial score (nSPS) is 26.1. The fraction of sp³-hybridized carbons (Fsp3) is 0.455. The van der Waals surface area contributed by atoms with Gasteiger partial charge in [-0.05, 0) is 62.1 Å². The van der Waals surface area contributed by atoms with Crippen molar-refractivity contribution < 1.29 is 9.32 Å². The van der Waals surface area contributed by atoms with Crippen LogP contribution < -0.4 is 5.32 Å². The van der Waals surface area contributed by atoms with Gasteiger partial charge in [0.2, 0.25) is 0 Å². The van der Waals surface area contributed by atoms with E-state index in [9.17, 15) is 4.79 Å². The highest BCUT2D eigenvalue weighted by Crippen LogP contribution is 2.45. The van der Waals surface area contributed by atoms with E-state index in [1.165, 1.54) is 19.3 Å². The van der Waals surface area contributed by atoms with Gasteiger partial charge in [-0.1, -0.05) is 11.6 Å². The van der Waals surface area contributed by atoms with Gasteiger partial charge in [0.15, 0.2) is 0 Å². The molecule has 3 heterocycles. The van der Waals surface area contributed by atoms with E-state index in [2.05, 4.69) is 20.4 Å². The highest BCUT2D eigenvalue weighted by atomic mass is 16.5. The number of aromatic nitrogens is 3. The molecule has 3 fully saturated rings. The SMILES string of the molecule is O=C(NC1CC2CCC1C2)c1cc(-c2cccnc2)nc2onc(C3CC3)c12. The van der Waals surface area contributed by atoms with Gasteiger partial charge in [0.05, 0.1) is 22.3 Å². The number of carbonyl (C=O) groups is 1. The van der Waals surface area contributed by atoms with Crippen molar-refractivity contribution in [2.24, 2.45) is 11.8 Å². The van der Waals surface area contributed by atoms with Crippen LogP contribution in [0.4, 0.5) is 0 Å². The Morgan fingerprint density at radius 2 is 2.11 bits per heavy atom. The molecule has 3 aliphatic carbocycles. The number of fused-ring (bicyclic) bond motifs is 3. The number of hydrogen-bond acceptors (Lipinski definition) is 5. The first-order chi connectivity index (χ1) is 13.8. The van der Waals surface area contributed by atoms with E-state index in [0.717, 1.165) is 41.8 Å². The van der Waals surface area contributed by atoms with Crippen molar-refractivity contribution in [3.63, 3.8) is 0 Å². The zero-order chi connectivity index (χ0) is 18.7. The lowest BCUT2D eigenvalue weighted by molar-refractivity contribution is 0.0924. The Kier molecular flexibility index (Phi) is 3.55. The molecule has 1 amide bonds. The van der Waals surface area contributed by atoms with E-state index in [4.69, 9.17) is 4.52 Å². The maximum absolute atomic E-state index is 13.3. The number of hydrogen-bond donors (Lipinski definition) is 1. The second-order valence-electron chi connectivity index (χ2n) is 8.57. The second kappa shape index (κ2) is 6.12. The lowest BCUT2D eigenvalue weighted by Gasteiger charge is -2.23. The standard InChI is InChI=1S/C22H22N4O2/c27-21(24-17-9-12-3-4-14(17)8-12)16-10-18(15-2-1-7-23-11-15)25-22-19(16)20(26-28-22)13-5-6-13/h1-2,7,10-14,17H,3-6,8-9H2,(H,24,27). The van der Waals surface area contributed by atoms with Crippen LogP contribution in [0.3, 0.4) is 0 Å². The molecule has 3 aliphatic rings. The fourth-order valence-corrected chi connectivity index (χ4v) is 5.12. The molecule has 0 saturated heterocycles. The maximum Gasteiger partial charge on any atom is 0.259 e. The number of nitrogens with zero attached hydrogens (tertiary/aromatic N) is 3. The average Bonchev–Trinajstić information content (AvgIpc) is 3.15. The van der Waals surface area contributed by atoms with Gasteiger partial charge in [0.25, 0.3) is 11.6 Å². The maximum atomic E-state index is 13.3. The Balaban J connectivity index is 1.43. The van der Waals surface area contributed by atoms with Crippen molar-refractivity contribution in [1.29, 1.82) is 0 Å².